The zero-order valence-corrected chi connectivity index (χ0v) is 9.88. The number of fused-ring (bicyclic) bond motifs is 1. The number of nitrogens with zero attached hydrogens (tertiary/aromatic N) is 1. The van der Waals surface area contributed by atoms with Gasteiger partial charge in [0.25, 0.3) is 0 Å². The lowest BCUT2D eigenvalue weighted by Gasteiger charge is -2.09. The molecule has 0 bridgehead atoms. The van der Waals surface area contributed by atoms with Gasteiger partial charge in [0.1, 0.15) is 0 Å². The summed E-state index contributed by atoms with van der Waals surface area (Å²) in [5.74, 6) is 0.537. The Morgan fingerprint density at radius 2 is 2.00 bits per heavy atom. The van der Waals surface area contributed by atoms with Crippen LogP contribution in [-0.2, 0) is 0 Å². The third-order valence-corrected chi connectivity index (χ3v) is 3.02. The Balaban J connectivity index is 2.82. The molecule has 1 aromatic carbocycles. The standard InChI is InChI=1S/C12H12BrN/c1-8(2)9-5-6-11(13)12-10(9)4-3-7-14-12/h3-8H,1-2H3. The second-order valence-corrected chi connectivity index (χ2v) is 4.55. The summed E-state index contributed by atoms with van der Waals surface area (Å²) < 4.78 is 1.07. The summed E-state index contributed by atoms with van der Waals surface area (Å²) in [6, 6.07) is 8.35. The van der Waals surface area contributed by atoms with Gasteiger partial charge in [-0.2, -0.15) is 0 Å². The molecule has 72 valence electrons. The highest BCUT2D eigenvalue weighted by Crippen LogP contribution is 2.29. The lowest BCUT2D eigenvalue weighted by molar-refractivity contribution is 0.875. The molecule has 0 N–H and O–H groups in total. The number of aromatic nitrogens is 1. The highest BCUT2D eigenvalue weighted by atomic mass is 79.9. The Morgan fingerprint density at radius 1 is 1.21 bits per heavy atom. The minimum absolute atomic E-state index is 0.537. The minimum atomic E-state index is 0.537. The molecular formula is C12H12BrN. The van der Waals surface area contributed by atoms with E-state index in [1.165, 1.54) is 10.9 Å². The zero-order valence-electron chi connectivity index (χ0n) is 8.29. The van der Waals surface area contributed by atoms with Crippen LogP contribution in [0.1, 0.15) is 25.3 Å². The topological polar surface area (TPSA) is 12.9 Å². The van der Waals surface area contributed by atoms with E-state index in [1.807, 2.05) is 12.3 Å². The highest BCUT2D eigenvalue weighted by Gasteiger charge is 2.07. The summed E-state index contributed by atoms with van der Waals surface area (Å²) in [6.07, 6.45) is 1.83. The number of halogens is 1. The first kappa shape index (κ1) is 9.66. The molecular weight excluding hydrogens is 238 g/mol. The van der Waals surface area contributed by atoms with Crippen LogP contribution in [0.2, 0.25) is 0 Å². The largest absolute Gasteiger partial charge is 0.255 e. The van der Waals surface area contributed by atoms with Crippen molar-refractivity contribution in [2.75, 3.05) is 0 Å². The molecule has 1 aromatic heterocycles. The number of pyridine rings is 1. The van der Waals surface area contributed by atoms with E-state index < -0.39 is 0 Å². The maximum atomic E-state index is 4.38. The van der Waals surface area contributed by atoms with Crippen molar-refractivity contribution in [2.24, 2.45) is 0 Å². The SMILES string of the molecule is CC(C)c1ccc(Br)c2ncccc12. The van der Waals surface area contributed by atoms with Gasteiger partial charge in [0.2, 0.25) is 0 Å². The van der Waals surface area contributed by atoms with Crippen LogP contribution >= 0.6 is 15.9 Å². The summed E-state index contributed by atoms with van der Waals surface area (Å²) in [4.78, 5) is 4.38. The lowest BCUT2D eigenvalue weighted by atomic mass is 9.98. The second kappa shape index (κ2) is 3.70. The molecule has 14 heavy (non-hydrogen) atoms. The molecule has 0 aliphatic rings. The van der Waals surface area contributed by atoms with Crippen LogP contribution in [0.5, 0.6) is 0 Å². The normalized spacial score (nSPS) is 11.1. The van der Waals surface area contributed by atoms with E-state index in [4.69, 9.17) is 0 Å². The Morgan fingerprint density at radius 3 is 2.71 bits per heavy atom. The van der Waals surface area contributed by atoms with Gasteiger partial charge in [0.15, 0.2) is 0 Å². The van der Waals surface area contributed by atoms with Crippen molar-refractivity contribution in [3.8, 4) is 0 Å². The van der Waals surface area contributed by atoms with Gasteiger partial charge in [-0.05, 0) is 39.5 Å². The van der Waals surface area contributed by atoms with Crippen molar-refractivity contribution in [1.29, 1.82) is 0 Å². The van der Waals surface area contributed by atoms with Crippen molar-refractivity contribution in [3.05, 3.63) is 40.5 Å². The minimum Gasteiger partial charge on any atom is -0.255 e. The summed E-state index contributed by atoms with van der Waals surface area (Å²) >= 11 is 3.52. The maximum absolute atomic E-state index is 4.38. The Bertz CT molecular complexity index is 463. The second-order valence-electron chi connectivity index (χ2n) is 3.69. The Kier molecular flexibility index (Phi) is 2.55. The van der Waals surface area contributed by atoms with Crippen molar-refractivity contribution >= 4 is 26.8 Å². The number of benzene rings is 1. The summed E-state index contributed by atoms with van der Waals surface area (Å²) in [5.41, 5.74) is 2.41. The highest BCUT2D eigenvalue weighted by molar-refractivity contribution is 9.10. The molecule has 0 saturated heterocycles. The van der Waals surface area contributed by atoms with Gasteiger partial charge in [-0.1, -0.05) is 26.0 Å². The van der Waals surface area contributed by atoms with Crippen molar-refractivity contribution < 1.29 is 0 Å². The molecule has 0 amide bonds. The zero-order chi connectivity index (χ0) is 10.1. The van der Waals surface area contributed by atoms with E-state index >= 15 is 0 Å². The summed E-state index contributed by atoms with van der Waals surface area (Å²) in [5, 5.41) is 1.25. The van der Waals surface area contributed by atoms with Crippen molar-refractivity contribution in [2.45, 2.75) is 19.8 Å². The van der Waals surface area contributed by atoms with Gasteiger partial charge < -0.3 is 0 Å². The quantitative estimate of drug-likeness (QED) is 0.741. The van der Waals surface area contributed by atoms with Crippen LogP contribution in [0.25, 0.3) is 10.9 Å². The van der Waals surface area contributed by atoms with Crippen molar-refractivity contribution in [3.63, 3.8) is 0 Å². The fourth-order valence-electron chi connectivity index (χ4n) is 1.66. The van der Waals surface area contributed by atoms with E-state index in [2.05, 4.69) is 53.0 Å². The van der Waals surface area contributed by atoms with Crippen LogP contribution in [0.15, 0.2) is 34.9 Å². The molecule has 0 spiro atoms. The van der Waals surface area contributed by atoms with Crippen LogP contribution in [0.3, 0.4) is 0 Å². The first-order chi connectivity index (χ1) is 6.70. The Labute approximate surface area is 92.3 Å². The number of hydrogen-bond donors (Lipinski definition) is 0. The van der Waals surface area contributed by atoms with Gasteiger partial charge in [-0.15, -0.1) is 0 Å². The average Bonchev–Trinajstić information content (AvgIpc) is 2.18. The van der Waals surface area contributed by atoms with Crippen LogP contribution in [0, 0.1) is 0 Å². The summed E-state index contributed by atoms with van der Waals surface area (Å²) in [6.45, 7) is 4.41. The lowest BCUT2D eigenvalue weighted by Crippen LogP contribution is -1.91. The number of rotatable bonds is 1. The monoisotopic (exact) mass is 249 g/mol. The molecule has 2 aromatic rings. The molecule has 0 unspecified atom stereocenters. The van der Waals surface area contributed by atoms with E-state index in [0.717, 1.165) is 9.99 Å². The van der Waals surface area contributed by atoms with E-state index in [0.29, 0.717) is 5.92 Å². The molecule has 0 fully saturated rings. The van der Waals surface area contributed by atoms with Gasteiger partial charge in [0, 0.05) is 16.1 Å². The molecule has 0 aliphatic carbocycles. The number of hydrogen-bond acceptors (Lipinski definition) is 1. The molecule has 1 nitrogen and oxygen atoms in total. The predicted molar refractivity (Wildman–Crippen MR) is 63.5 cm³/mol. The third-order valence-electron chi connectivity index (χ3n) is 2.38. The van der Waals surface area contributed by atoms with Crippen molar-refractivity contribution in [1.82, 2.24) is 4.98 Å². The first-order valence-corrected chi connectivity index (χ1v) is 5.52. The Hall–Kier alpha value is -0.890. The molecule has 1 heterocycles. The van der Waals surface area contributed by atoms with E-state index in [-0.39, 0.29) is 0 Å². The fraction of sp³-hybridized carbons (Fsp3) is 0.250. The molecule has 0 aliphatic heterocycles. The molecule has 0 atom stereocenters. The smallest absolute Gasteiger partial charge is 0.0846 e. The molecule has 2 heteroatoms. The van der Waals surface area contributed by atoms with Crippen LogP contribution < -0.4 is 0 Å². The molecule has 2 rings (SSSR count). The van der Waals surface area contributed by atoms with E-state index in [9.17, 15) is 0 Å². The van der Waals surface area contributed by atoms with Crippen LogP contribution in [0.4, 0.5) is 0 Å². The van der Waals surface area contributed by atoms with Gasteiger partial charge in [-0.25, -0.2) is 0 Å². The van der Waals surface area contributed by atoms with Gasteiger partial charge >= 0.3 is 0 Å². The summed E-state index contributed by atoms with van der Waals surface area (Å²) in [7, 11) is 0. The molecule has 0 radical (unpaired) electrons. The maximum Gasteiger partial charge on any atom is 0.0846 e. The van der Waals surface area contributed by atoms with E-state index in [1.54, 1.807) is 0 Å². The first-order valence-electron chi connectivity index (χ1n) is 4.73. The predicted octanol–water partition coefficient (Wildman–Crippen LogP) is 4.12. The molecule has 0 saturated carbocycles. The van der Waals surface area contributed by atoms with Gasteiger partial charge in [-0.3, -0.25) is 4.98 Å². The van der Waals surface area contributed by atoms with Gasteiger partial charge in [0.05, 0.1) is 5.52 Å². The average molecular weight is 250 g/mol. The van der Waals surface area contributed by atoms with Crippen LogP contribution in [-0.4, -0.2) is 4.98 Å². The third kappa shape index (κ3) is 1.55. The fourth-order valence-corrected chi connectivity index (χ4v) is 2.11.